The predicted octanol–water partition coefficient (Wildman–Crippen LogP) is 0.404. The summed E-state index contributed by atoms with van der Waals surface area (Å²) in [5.74, 6) is -1.09. The molecule has 0 spiro atoms. The molecule has 0 unspecified atom stereocenters. The van der Waals surface area contributed by atoms with Crippen molar-refractivity contribution < 1.29 is 61.0 Å². The van der Waals surface area contributed by atoms with Crippen molar-refractivity contribution >= 4 is 22.3 Å². The molecule has 0 saturated heterocycles. The van der Waals surface area contributed by atoms with Crippen LogP contribution in [-0.4, -0.2) is 31.5 Å². The second-order valence-electron chi connectivity index (χ2n) is 5.95. The van der Waals surface area contributed by atoms with Gasteiger partial charge in [-0.3, -0.25) is 4.18 Å². The van der Waals surface area contributed by atoms with Crippen molar-refractivity contribution in [1.82, 2.24) is 0 Å². The van der Waals surface area contributed by atoms with Gasteiger partial charge in [0.15, 0.2) is 0 Å². The summed E-state index contributed by atoms with van der Waals surface area (Å²) >= 11 is 0. The molecule has 0 radical (unpaired) electrons. The number of carbonyl (C=O) groups excluding carboxylic acids is 2. The number of carbonyl (C=O) groups is 2. The van der Waals surface area contributed by atoms with E-state index in [4.69, 9.17) is 0 Å². The van der Waals surface area contributed by atoms with Crippen LogP contribution >= 0.6 is 0 Å². The average Bonchev–Trinajstić information content (AvgIpc) is 2.80. The summed E-state index contributed by atoms with van der Waals surface area (Å²) in [7, 11) is -4.48. The monoisotopic (exact) mass is 400 g/mol. The number of hydrogen-bond donors (Lipinski definition) is 0. The maximum Gasteiger partial charge on any atom is 1.00 e. The van der Waals surface area contributed by atoms with Gasteiger partial charge in [0.05, 0.1) is 6.61 Å². The van der Waals surface area contributed by atoms with Crippen molar-refractivity contribution in [3.63, 3.8) is 0 Å². The number of rotatable bonds is 12. The molecular formula is C17H29NaO7S. The number of hydrogen-bond acceptors (Lipinski definition) is 7. The van der Waals surface area contributed by atoms with Crippen molar-refractivity contribution in [2.75, 3.05) is 6.61 Å². The minimum atomic E-state index is -4.48. The van der Waals surface area contributed by atoms with Crippen molar-refractivity contribution in [3.05, 3.63) is 11.6 Å². The van der Waals surface area contributed by atoms with Crippen LogP contribution in [-0.2, 0) is 28.9 Å². The molecular weight excluding hydrogens is 371 g/mol. The summed E-state index contributed by atoms with van der Waals surface area (Å²) in [5.41, 5.74) is 0.370. The van der Waals surface area contributed by atoms with Crippen LogP contribution in [0.25, 0.3) is 0 Å². The van der Waals surface area contributed by atoms with Gasteiger partial charge in [-0.25, -0.2) is 18.0 Å². The Morgan fingerprint density at radius 1 is 0.962 bits per heavy atom. The number of esters is 2. The Kier molecular flexibility index (Phi) is 18.2. The van der Waals surface area contributed by atoms with Crippen LogP contribution in [0.15, 0.2) is 11.6 Å². The maximum absolute atomic E-state index is 10.3. The molecule has 0 atom stereocenters. The first-order valence-corrected chi connectivity index (χ1v) is 10.1. The zero-order valence-corrected chi connectivity index (χ0v) is 18.9. The Bertz CT molecular complexity index is 529. The fraction of sp³-hybridized carbons (Fsp3) is 0.765. The largest absolute Gasteiger partial charge is 1.00 e. The van der Waals surface area contributed by atoms with Gasteiger partial charge in [-0.1, -0.05) is 64.7 Å². The quantitative estimate of drug-likeness (QED) is 0.116. The van der Waals surface area contributed by atoms with E-state index >= 15 is 0 Å². The van der Waals surface area contributed by atoms with Gasteiger partial charge in [0.2, 0.25) is 10.4 Å². The van der Waals surface area contributed by atoms with Crippen molar-refractivity contribution in [1.29, 1.82) is 0 Å². The van der Waals surface area contributed by atoms with Gasteiger partial charge < -0.3 is 9.29 Å². The first-order chi connectivity index (χ1) is 11.8. The van der Waals surface area contributed by atoms with Crippen LogP contribution in [0.4, 0.5) is 0 Å². The summed E-state index contributed by atoms with van der Waals surface area (Å²) < 4.78 is 38.6. The summed E-state index contributed by atoms with van der Waals surface area (Å²) in [6.45, 7) is 3.78. The van der Waals surface area contributed by atoms with Crippen LogP contribution in [0.5, 0.6) is 0 Å². The summed E-state index contributed by atoms with van der Waals surface area (Å²) in [5, 5.41) is 0. The predicted molar refractivity (Wildman–Crippen MR) is 92.3 cm³/mol. The molecule has 0 bridgehead atoms. The van der Waals surface area contributed by atoms with Crippen molar-refractivity contribution in [3.8, 4) is 0 Å². The molecule has 0 fully saturated rings. The van der Waals surface area contributed by atoms with E-state index in [0.717, 1.165) is 12.8 Å². The molecule has 1 heterocycles. The third kappa shape index (κ3) is 18.5. The van der Waals surface area contributed by atoms with E-state index in [2.05, 4.69) is 15.8 Å². The zero-order valence-electron chi connectivity index (χ0n) is 16.1. The fourth-order valence-electron chi connectivity index (χ4n) is 2.19. The molecule has 26 heavy (non-hydrogen) atoms. The number of unbranched alkanes of at least 4 members (excludes halogenated alkanes) is 9. The minimum Gasteiger partial charge on any atom is -0.726 e. The average molecular weight is 400 g/mol. The van der Waals surface area contributed by atoms with Gasteiger partial charge in [0.1, 0.15) is 0 Å². The second-order valence-corrected chi connectivity index (χ2v) is 7.00. The molecule has 0 aromatic rings. The first-order valence-electron chi connectivity index (χ1n) is 8.81. The third-order valence-electron chi connectivity index (χ3n) is 3.58. The third-order valence-corrected chi connectivity index (χ3v) is 4.03. The van der Waals surface area contributed by atoms with Crippen LogP contribution in [0.1, 0.15) is 78.1 Å². The fourth-order valence-corrected chi connectivity index (χ4v) is 2.51. The van der Waals surface area contributed by atoms with Crippen LogP contribution in [0, 0.1) is 0 Å². The van der Waals surface area contributed by atoms with E-state index in [1.807, 2.05) is 0 Å². The van der Waals surface area contributed by atoms with Crippen molar-refractivity contribution in [2.45, 2.75) is 78.1 Å². The minimum absolute atomic E-state index is 0. The Morgan fingerprint density at radius 2 is 1.42 bits per heavy atom. The molecule has 0 aliphatic carbocycles. The Hall–Kier alpha value is -0.250. The molecule has 0 amide bonds. The number of cyclic esters (lactones) is 2. The van der Waals surface area contributed by atoms with Crippen LogP contribution < -0.4 is 29.6 Å². The van der Waals surface area contributed by atoms with E-state index in [1.165, 1.54) is 57.9 Å². The van der Waals surface area contributed by atoms with Gasteiger partial charge in [-0.15, -0.1) is 0 Å². The standard InChI is InChI=1S/C12H26O4S.C5H4O3.Na/c1-2-3-4-5-6-7-8-9-10-11-12-16-17(13,14)15;1-3-2-4(6)8-5(3)7;/h2-12H2,1H3,(H,13,14,15);2H,1H3;/q;;+1/p-1. The van der Waals surface area contributed by atoms with E-state index in [9.17, 15) is 22.6 Å². The summed E-state index contributed by atoms with van der Waals surface area (Å²) in [4.78, 5) is 20.4. The molecule has 1 aliphatic heterocycles. The summed E-state index contributed by atoms with van der Waals surface area (Å²) in [6, 6.07) is 0. The molecule has 0 aromatic heterocycles. The summed E-state index contributed by atoms with van der Waals surface area (Å²) in [6.07, 6.45) is 12.9. The Labute approximate surface area is 179 Å². The maximum atomic E-state index is 10.3. The first kappa shape index (κ1) is 28.0. The smallest absolute Gasteiger partial charge is 0.726 e. The van der Waals surface area contributed by atoms with Gasteiger partial charge in [0.25, 0.3) is 0 Å². The van der Waals surface area contributed by atoms with Gasteiger partial charge in [-0.2, -0.15) is 0 Å². The molecule has 9 heteroatoms. The molecule has 146 valence electrons. The number of ether oxygens (including phenoxy) is 1. The van der Waals surface area contributed by atoms with E-state index < -0.39 is 22.3 Å². The molecule has 0 saturated carbocycles. The molecule has 7 nitrogen and oxygen atoms in total. The Morgan fingerprint density at radius 3 is 1.73 bits per heavy atom. The molecule has 0 aromatic carbocycles. The molecule has 1 aliphatic rings. The Balaban J connectivity index is 0. The van der Waals surface area contributed by atoms with Crippen LogP contribution in [0.3, 0.4) is 0 Å². The van der Waals surface area contributed by atoms with E-state index in [1.54, 1.807) is 0 Å². The van der Waals surface area contributed by atoms with E-state index in [0.29, 0.717) is 12.0 Å². The SMILES string of the molecule is CC1=CC(=O)OC1=O.CCCCCCCCCCCCOS(=O)(=O)[O-].[Na+]. The normalized spacial score (nSPS) is 13.4. The zero-order chi connectivity index (χ0) is 19.1. The van der Waals surface area contributed by atoms with Gasteiger partial charge in [-0.05, 0) is 13.3 Å². The topological polar surface area (TPSA) is 110 Å². The van der Waals surface area contributed by atoms with E-state index in [-0.39, 0.29) is 36.2 Å². The van der Waals surface area contributed by atoms with Crippen LogP contribution in [0.2, 0.25) is 0 Å². The second kappa shape index (κ2) is 16.9. The van der Waals surface area contributed by atoms with Crippen molar-refractivity contribution in [2.24, 2.45) is 0 Å². The van der Waals surface area contributed by atoms with Gasteiger partial charge >= 0.3 is 41.5 Å². The molecule has 0 N–H and O–H groups in total. The van der Waals surface area contributed by atoms with Gasteiger partial charge in [0, 0.05) is 11.6 Å². The molecule has 1 rings (SSSR count).